The molecular formula is C27H53N3O7. The Kier molecular flexibility index (Phi) is 19.5. The average Bonchev–Trinajstić information content (AvgIpc) is 2.83. The molecule has 1 heterocycles. The summed E-state index contributed by atoms with van der Waals surface area (Å²) in [6, 6.07) is 0. The fourth-order valence-corrected chi connectivity index (χ4v) is 3.66. The molecule has 1 fully saturated rings. The fraction of sp³-hybridized carbons (Fsp3) is 0.926. The molecule has 0 unspecified atom stereocenters. The van der Waals surface area contributed by atoms with Gasteiger partial charge in [0.2, 0.25) is 5.91 Å². The van der Waals surface area contributed by atoms with Crippen LogP contribution in [0.1, 0.15) is 66.2 Å². The summed E-state index contributed by atoms with van der Waals surface area (Å²) in [7, 11) is 0. The van der Waals surface area contributed by atoms with Crippen LogP contribution in [0.5, 0.6) is 0 Å². The molecule has 0 atom stereocenters. The van der Waals surface area contributed by atoms with E-state index in [1.807, 2.05) is 20.8 Å². The number of rotatable bonds is 9. The predicted molar refractivity (Wildman–Crippen MR) is 144 cm³/mol. The van der Waals surface area contributed by atoms with E-state index in [1.54, 1.807) is 4.90 Å². The lowest BCUT2D eigenvalue weighted by Gasteiger charge is -2.27. The van der Waals surface area contributed by atoms with Gasteiger partial charge >= 0.3 is 6.09 Å². The van der Waals surface area contributed by atoms with Crippen LogP contribution in [0.2, 0.25) is 0 Å². The molecule has 0 aliphatic carbocycles. The maximum Gasteiger partial charge on any atom is 0.410 e. The number of ether oxygens (including phenoxy) is 5. The minimum absolute atomic E-state index is 0.0388. The van der Waals surface area contributed by atoms with Crippen molar-refractivity contribution in [1.82, 2.24) is 15.1 Å². The predicted octanol–water partition coefficient (Wildman–Crippen LogP) is 3.08. The van der Waals surface area contributed by atoms with Gasteiger partial charge in [-0.1, -0.05) is 39.0 Å². The Balaban J connectivity index is 2.39. The van der Waals surface area contributed by atoms with Gasteiger partial charge in [0.15, 0.2) is 0 Å². The van der Waals surface area contributed by atoms with Gasteiger partial charge in [0.05, 0.1) is 59.4 Å². The highest BCUT2D eigenvalue weighted by molar-refractivity contribution is 5.77. The lowest BCUT2D eigenvalue weighted by Crippen LogP contribution is -2.41. The zero-order valence-electron chi connectivity index (χ0n) is 23.9. The number of carbonyl (C=O) groups excluding carboxylic acids is 2. The number of hydrogen-bond donors (Lipinski definition) is 1. The third-order valence-corrected chi connectivity index (χ3v) is 5.73. The SMILES string of the molecule is CCCCCCCCNC(=O)CN1CCOCCOCCN(C(=O)OC(C)(C)C)CCOCCOCC1. The van der Waals surface area contributed by atoms with Crippen molar-refractivity contribution in [3.8, 4) is 0 Å². The molecule has 0 aromatic rings. The first-order valence-electron chi connectivity index (χ1n) is 14.1. The molecule has 0 aromatic carbocycles. The first-order valence-corrected chi connectivity index (χ1v) is 14.1. The summed E-state index contributed by atoms with van der Waals surface area (Å²) in [5.74, 6) is 0.0388. The van der Waals surface area contributed by atoms with Gasteiger partial charge in [-0.2, -0.15) is 0 Å². The standard InChI is InChI=1S/C27H53N3O7/c1-5-6-7-8-9-10-11-28-25(31)24-29-12-16-33-20-22-35-18-14-30(26(32)37-27(2,3)4)15-19-36-23-21-34-17-13-29/h5-24H2,1-4H3,(H,28,31). The summed E-state index contributed by atoms with van der Waals surface area (Å²) in [5.41, 5.74) is -0.561. The van der Waals surface area contributed by atoms with E-state index < -0.39 is 5.60 Å². The molecule has 1 aliphatic rings. The van der Waals surface area contributed by atoms with Crippen LogP contribution >= 0.6 is 0 Å². The monoisotopic (exact) mass is 531 g/mol. The van der Waals surface area contributed by atoms with E-state index in [2.05, 4.69) is 17.1 Å². The van der Waals surface area contributed by atoms with Crippen molar-refractivity contribution in [2.24, 2.45) is 0 Å². The van der Waals surface area contributed by atoms with Gasteiger partial charge in [-0.3, -0.25) is 9.69 Å². The minimum Gasteiger partial charge on any atom is -0.444 e. The van der Waals surface area contributed by atoms with Crippen molar-refractivity contribution in [3.63, 3.8) is 0 Å². The van der Waals surface area contributed by atoms with Gasteiger partial charge in [0.1, 0.15) is 5.60 Å². The van der Waals surface area contributed by atoms with Crippen molar-refractivity contribution in [3.05, 3.63) is 0 Å². The quantitative estimate of drug-likeness (QED) is 0.453. The zero-order chi connectivity index (χ0) is 27.2. The largest absolute Gasteiger partial charge is 0.444 e. The molecule has 1 aliphatic heterocycles. The van der Waals surface area contributed by atoms with Crippen LogP contribution in [0.25, 0.3) is 0 Å². The Morgan fingerprint density at radius 3 is 1.73 bits per heavy atom. The Hall–Kier alpha value is -1.46. The lowest BCUT2D eigenvalue weighted by atomic mass is 10.1. The highest BCUT2D eigenvalue weighted by Crippen LogP contribution is 2.10. The summed E-state index contributed by atoms with van der Waals surface area (Å²) < 4.78 is 28.2. The van der Waals surface area contributed by atoms with Gasteiger partial charge in [-0.15, -0.1) is 0 Å². The highest BCUT2D eigenvalue weighted by atomic mass is 16.6. The zero-order valence-corrected chi connectivity index (χ0v) is 23.9. The van der Waals surface area contributed by atoms with Crippen molar-refractivity contribution >= 4 is 12.0 Å². The number of carbonyl (C=O) groups is 2. The molecule has 1 rings (SSSR count). The molecule has 37 heavy (non-hydrogen) atoms. The van der Waals surface area contributed by atoms with Crippen molar-refractivity contribution in [2.45, 2.75) is 71.8 Å². The first-order chi connectivity index (χ1) is 17.8. The first kappa shape index (κ1) is 33.6. The van der Waals surface area contributed by atoms with Gasteiger partial charge in [0.25, 0.3) is 0 Å². The molecule has 10 heteroatoms. The number of hydrogen-bond acceptors (Lipinski definition) is 8. The number of nitrogens with zero attached hydrogens (tertiary/aromatic N) is 2. The van der Waals surface area contributed by atoms with Crippen LogP contribution in [-0.4, -0.2) is 120 Å². The maximum absolute atomic E-state index is 12.5. The van der Waals surface area contributed by atoms with Crippen LogP contribution in [0.15, 0.2) is 0 Å². The third kappa shape index (κ3) is 20.2. The average molecular weight is 532 g/mol. The Labute approximate surface area is 224 Å². The van der Waals surface area contributed by atoms with E-state index in [0.29, 0.717) is 85.6 Å². The number of unbranched alkanes of at least 4 members (excludes halogenated alkanes) is 5. The van der Waals surface area contributed by atoms with E-state index in [0.717, 1.165) is 19.4 Å². The van der Waals surface area contributed by atoms with Crippen LogP contribution in [-0.2, 0) is 28.5 Å². The molecule has 10 nitrogen and oxygen atoms in total. The molecule has 0 saturated carbocycles. The van der Waals surface area contributed by atoms with Gasteiger partial charge < -0.3 is 33.9 Å². The second-order valence-corrected chi connectivity index (χ2v) is 10.3. The van der Waals surface area contributed by atoms with E-state index in [9.17, 15) is 9.59 Å². The Morgan fingerprint density at radius 2 is 1.22 bits per heavy atom. The second kappa shape index (κ2) is 21.5. The smallest absolute Gasteiger partial charge is 0.410 e. The minimum atomic E-state index is -0.561. The molecule has 2 amide bonds. The summed E-state index contributed by atoms with van der Waals surface area (Å²) >= 11 is 0. The van der Waals surface area contributed by atoms with Crippen LogP contribution in [0, 0.1) is 0 Å². The summed E-state index contributed by atoms with van der Waals surface area (Å²) in [6.07, 6.45) is 6.85. The summed E-state index contributed by atoms with van der Waals surface area (Å²) in [5, 5.41) is 3.04. The second-order valence-electron chi connectivity index (χ2n) is 10.3. The van der Waals surface area contributed by atoms with Crippen molar-refractivity contribution in [2.75, 3.05) is 92.1 Å². The maximum atomic E-state index is 12.5. The summed E-state index contributed by atoms with van der Waals surface area (Å²) in [6.45, 7) is 14.4. The van der Waals surface area contributed by atoms with Crippen LogP contribution in [0.4, 0.5) is 4.79 Å². The Bertz CT molecular complexity index is 567. The molecule has 1 saturated heterocycles. The molecule has 0 spiro atoms. The van der Waals surface area contributed by atoms with E-state index in [-0.39, 0.29) is 12.0 Å². The molecule has 0 aromatic heterocycles. The van der Waals surface area contributed by atoms with Gasteiger partial charge in [-0.05, 0) is 27.2 Å². The normalized spacial score (nSPS) is 18.5. The van der Waals surface area contributed by atoms with E-state index >= 15 is 0 Å². The molecule has 0 bridgehead atoms. The molecule has 1 N–H and O–H groups in total. The highest BCUT2D eigenvalue weighted by Gasteiger charge is 2.22. The Morgan fingerprint density at radius 1 is 0.730 bits per heavy atom. The number of nitrogens with one attached hydrogen (secondary N) is 1. The molecular weight excluding hydrogens is 478 g/mol. The molecule has 218 valence electrons. The van der Waals surface area contributed by atoms with Gasteiger partial charge in [-0.25, -0.2) is 4.79 Å². The topological polar surface area (TPSA) is 98.8 Å². The van der Waals surface area contributed by atoms with Crippen molar-refractivity contribution in [1.29, 1.82) is 0 Å². The third-order valence-electron chi connectivity index (χ3n) is 5.73. The summed E-state index contributed by atoms with van der Waals surface area (Å²) in [4.78, 5) is 28.6. The fourth-order valence-electron chi connectivity index (χ4n) is 3.66. The molecule has 0 radical (unpaired) electrons. The number of amides is 2. The van der Waals surface area contributed by atoms with Crippen LogP contribution in [0.3, 0.4) is 0 Å². The lowest BCUT2D eigenvalue weighted by molar-refractivity contribution is -0.122. The van der Waals surface area contributed by atoms with Crippen molar-refractivity contribution < 1.29 is 33.3 Å². The van der Waals surface area contributed by atoms with Crippen LogP contribution < -0.4 is 5.32 Å². The van der Waals surface area contributed by atoms with E-state index in [4.69, 9.17) is 23.7 Å². The van der Waals surface area contributed by atoms with E-state index in [1.165, 1.54) is 25.7 Å². The van der Waals surface area contributed by atoms with Gasteiger partial charge in [0, 0.05) is 32.7 Å².